The molecular formula is C36H52N4O4. The number of carbonyl (C=O) groups excluding carboxylic acids is 2. The zero-order chi connectivity index (χ0) is 31.5. The summed E-state index contributed by atoms with van der Waals surface area (Å²) < 4.78 is 1.55. The van der Waals surface area contributed by atoms with Crippen LogP contribution in [0.15, 0.2) is 47.4 Å². The number of aliphatic hydroxyl groups is 1. The zero-order valence-corrected chi connectivity index (χ0v) is 27.3. The highest BCUT2D eigenvalue weighted by atomic mass is 16.3. The van der Waals surface area contributed by atoms with Gasteiger partial charge in [-0.15, -0.1) is 0 Å². The Labute approximate surface area is 263 Å². The summed E-state index contributed by atoms with van der Waals surface area (Å²) in [7, 11) is 2.06. The van der Waals surface area contributed by atoms with E-state index in [0.717, 1.165) is 31.4 Å². The maximum absolute atomic E-state index is 13.9. The molecule has 1 unspecified atom stereocenters. The lowest BCUT2D eigenvalue weighted by atomic mass is 9.69. The second kappa shape index (κ2) is 13.3. The normalized spacial score (nSPS) is 25.0. The van der Waals surface area contributed by atoms with E-state index in [1.807, 2.05) is 35.2 Å². The molecule has 1 amide bonds. The first-order chi connectivity index (χ1) is 20.9. The fourth-order valence-electron chi connectivity index (χ4n) is 7.79. The van der Waals surface area contributed by atoms with Crippen LogP contribution in [-0.4, -0.2) is 95.0 Å². The number of pyridine rings is 1. The van der Waals surface area contributed by atoms with E-state index >= 15 is 0 Å². The average molecular weight is 605 g/mol. The maximum atomic E-state index is 13.9. The molecule has 240 valence electrons. The van der Waals surface area contributed by atoms with Crippen molar-refractivity contribution in [1.29, 1.82) is 0 Å². The fraction of sp³-hybridized carbons (Fsp3) is 0.639. The number of likely N-dealkylation sites (tertiary alicyclic amines) is 1. The van der Waals surface area contributed by atoms with E-state index in [0.29, 0.717) is 56.2 Å². The predicted octanol–water partition coefficient (Wildman–Crippen LogP) is 4.54. The van der Waals surface area contributed by atoms with Crippen LogP contribution in [0.3, 0.4) is 0 Å². The number of aldehydes is 1. The van der Waals surface area contributed by atoms with Crippen molar-refractivity contribution in [3.8, 4) is 11.1 Å². The van der Waals surface area contributed by atoms with Crippen LogP contribution in [0.4, 0.5) is 0 Å². The number of aromatic nitrogens is 1. The van der Waals surface area contributed by atoms with Crippen LogP contribution in [0.2, 0.25) is 0 Å². The molecule has 1 aromatic heterocycles. The third-order valence-corrected chi connectivity index (χ3v) is 10.7. The first-order valence-electron chi connectivity index (χ1n) is 16.6. The molecule has 3 aliphatic rings. The van der Waals surface area contributed by atoms with Gasteiger partial charge in [-0.05, 0) is 31.4 Å². The molecule has 0 spiro atoms. The molecule has 3 heterocycles. The summed E-state index contributed by atoms with van der Waals surface area (Å²) in [5.41, 5.74) is -0.391. The van der Waals surface area contributed by atoms with Gasteiger partial charge in [0.05, 0.1) is 17.7 Å². The summed E-state index contributed by atoms with van der Waals surface area (Å²) in [6.45, 7) is 11.2. The zero-order valence-electron chi connectivity index (χ0n) is 27.3. The van der Waals surface area contributed by atoms with Crippen molar-refractivity contribution in [2.24, 2.45) is 16.7 Å². The first kappa shape index (κ1) is 32.6. The van der Waals surface area contributed by atoms with Crippen molar-refractivity contribution in [2.75, 3.05) is 52.9 Å². The highest BCUT2D eigenvalue weighted by Crippen LogP contribution is 2.42. The Morgan fingerprint density at radius 2 is 1.73 bits per heavy atom. The Balaban J connectivity index is 1.37. The molecule has 2 aliphatic heterocycles. The minimum atomic E-state index is -1.16. The van der Waals surface area contributed by atoms with Gasteiger partial charge in [-0.25, -0.2) is 0 Å². The molecule has 44 heavy (non-hydrogen) atoms. The van der Waals surface area contributed by atoms with Crippen LogP contribution < -0.4 is 5.56 Å². The molecule has 0 radical (unpaired) electrons. The molecule has 5 rings (SSSR count). The molecular weight excluding hydrogens is 552 g/mol. The van der Waals surface area contributed by atoms with E-state index < -0.39 is 16.4 Å². The number of carbonyl (C=O) groups is 2. The monoisotopic (exact) mass is 604 g/mol. The van der Waals surface area contributed by atoms with E-state index in [4.69, 9.17) is 0 Å². The largest absolute Gasteiger partial charge is 0.387 e. The minimum absolute atomic E-state index is 0.0853. The van der Waals surface area contributed by atoms with Crippen molar-refractivity contribution in [3.05, 3.63) is 58.5 Å². The highest BCUT2D eigenvalue weighted by molar-refractivity contribution is 6.00. The Morgan fingerprint density at radius 3 is 2.36 bits per heavy atom. The summed E-state index contributed by atoms with van der Waals surface area (Å²) >= 11 is 0. The molecule has 3 fully saturated rings. The number of likely N-dealkylation sites (N-methyl/N-ethyl adjacent to an activating group) is 1. The van der Waals surface area contributed by atoms with Crippen molar-refractivity contribution < 1.29 is 14.7 Å². The summed E-state index contributed by atoms with van der Waals surface area (Å²) in [5.74, 6) is 0.528. The van der Waals surface area contributed by atoms with Gasteiger partial charge in [-0.1, -0.05) is 83.2 Å². The predicted molar refractivity (Wildman–Crippen MR) is 175 cm³/mol. The molecule has 1 N–H and O–H groups in total. The van der Waals surface area contributed by atoms with Crippen molar-refractivity contribution in [1.82, 2.24) is 19.3 Å². The van der Waals surface area contributed by atoms with Gasteiger partial charge < -0.3 is 29.2 Å². The number of amides is 1. The van der Waals surface area contributed by atoms with Gasteiger partial charge in [-0.2, -0.15) is 0 Å². The van der Waals surface area contributed by atoms with Crippen LogP contribution in [0.5, 0.6) is 0 Å². The molecule has 2 atom stereocenters. The van der Waals surface area contributed by atoms with Crippen LogP contribution in [0.25, 0.3) is 11.1 Å². The quantitative estimate of drug-likeness (QED) is 0.423. The maximum Gasteiger partial charge on any atom is 0.256 e. The summed E-state index contributed by atoms with van der Waals surface area (Å²) in [6.07, 6.45) is 10.5. The van der Waals surface area contributed by atoms with Gasteiger partial charge in [0.25, 0.3) is 11.5 Å². The van der Waals surface area contributed by atoms with Gasteiger partial charge in [-0.3, -0.25) is 9.59 Å². The fourth-order valence-corrected chi connectivity index (χ4v) is 7.79. The summed E-state index contributed by atoms with van der Waals surface area (Å²) in [5, 5.41) is 12.1. The van der Waals surface area contributed by atoms with Gasteiger partial charge in [0.1, 0.15) is 6.29 Å². The molecule has 2 aromatic rings. The third kappa shape index (κ3) is 7.19. The Bertz CT molecular complexity index is 1360. The van der Waals surface area contributed by atoms with Gasteiger partial charge in [0.15, 0.2) is 0 Å². The van der Waals surface area contributed by atoms with E-state index in [-0.39, 0.29) is 18.0 Å². The lowest BCUT2D eigenvalue weighted by Crippen LogP contribution is -2.61. The van der Waals surface area contributed by atoms with Gasteiger partial charge in [0, 0.05) is 74.5 Å². The minimum Gasteiger partial charge on any atom is -0.387 e. The number of benzene rings is 1. The molecule has 0 bridgehead atoms. The first-order valence-corrected chi connectivity index (χ1v) is 16.6. The molecule has 8 nitrogen and oxygen atoms in total. The third-order valence-electron chi connectivity index (χ3n) is 10.7. The number of hydrogen-bond donors (Lipinski definition) is 1. The smallest absolute Gasteiger partial charge is 0.256 e. The van der Waals surface area contributed by atoms with Crippen molar-refractivity contribution >= 4 is 12.2 Å². The van der Waals surface area contributed by atoms with Crippen molar-refractivity contribution in [2.45, 2.75) is 77.9 Å². The second-order valence-corrected chi connectivity index (χ2v) is 14.9. The van der Waals surface area contributed by atoms with Crippen LogP contribution in [0, 0.1) is 16.7 Å². The van der Waals surface area contributed by atoms with E-state index in [9.17, 15) is 19.5 Å². The molecule has 2 saturated heterocycles. The average Bonchev–Trinajstić information content (AvgIpc) is 3.01. The van der Waals surface area contributed by atoms with E-state index in [1.54, 1.807) is 16.8 Å². The number of piperidine rings is 1. The SMILES string of the molecule is CN1CCN(C(=O)c2cn(CC3(O)CCN(C[C@@](C)(C=O)CC4CCCCC4)CC3(C)C)c(=O)cc2-c2ccccc2)CC1. The van der Waals surface area contributed by atoms with Crippen LogP contribution in [0.1, 0.15) is 76.1 Å². The molecule has 1 aromatic carbocycles. The lowest BCUT2D eigenvalue weighted by Gasteiger charge is -2.51. The van der Waals surface area contributed by atoms with Crippen molar-refractivity contribution in [3.63, 3.8) is 0 Å². The second-order valence-electron chi connectivity index (χ2n) is 14.9. The van der Waals surface area contributed by atoms with Gasteiger partial charge in [0.2, 0.25) is 0 Å². The molecule has 8 heteroatoms. The summed E-state index contributed by atoms with van der Waals surface area (Å²) in [4.78, 5) is 46.2. The topological polar surface area (TPSA) is 86.1 Å². The lowest BCUT2D eigenvalue weighted by molar-refractivity contribution is -0.137. The number of rotatable bonds is 9. The molecule has 1 saturated carbocycles. The number of nitrogens with zero attached hydrogens (tertiary/aromatic N) is 4. The Kier molecular flexibility index (Phi) is 9.83. The molecule has 1 aliphatic carbocycles. The van der Waals surface area contributed by atoms with E-state index in [2.05, 4.69) is 37.6 Å². The Hall–Kier alpha value is -2.81. The van der Waals surface area contributed by atoms with E-state index in [1.165, 1.54) is 32.1 Å². The van der Waals surface area contributed by atoms with Crippen LogP contribution >= 0.6 is 0 Å². The number of hydrogen-bond acceptors (Lipinski definition) is 6. The summed E-state index contributed by atoms with van der Waals surface area (Å²) in [6, 6.07) is 11.2. The highest BCUT2D eigenvalue weighted by Gasteiger charge is 2.49. The Morgan fingerprint density at radius 1 is 1.05 bits per heavy atom. The van der Waals surface area contributed by atoms with Gasteiger partial charge >= 0.3 is 0 Å². The van der Waals surface area contributed by atoms with Crippen LogP contribution in [-0.2, 0) is 11.3 Å². The standard InChI is InChI=1S/C36H52N4O4/c1-34(2)24-38(25-35(3,27-41)22-28-11-7-5-8-12-28)16-15-36(34,44)26-40-23-31(33(43)39-19-17-37(4)18-20-39)30(21-32(40)42)29-13-9-6-10-14-29/h6,9-10,13-14,21,23,27-28,44H,5,7-8,11-12,15-20,22,24-26H2,1-4H3/t35-,36?/m0/s1. The number of piperazine rings is 1.